The van der Waals surface area contributed by atoms with E-state index >= 15 is 0 Å². The number of hydrogen-bond acceptors (Lipinski definition) is 6. The van der Waals surface area contributed by atoms with Crippen LogP contribution in [0.4, 0.5) is 0 Å². The molecular weight excluding hydrogens is 332 g/mol. The Morgan fingerprint density at radius 3 is 2.04 bits per heavy atom. The summed E-state index contributed by atoms with van der Waals surface area (Å²) in [5, 5.41) is 0.742. The van der Waals surface area contributed by atoms with Crippen molar-refractivity contribution in [2.24, 2.45) is 0 Å². The molecule has 6 nitrogen and oxygen atoms in total. The Morgan fingerprint density at radius 1 is 0.792 bits per heavy atom. The fourth-order valence-electron chi connectivity index (χ4n) is 2.23. The van der Waals surface area contributed by atoms with Gasteiger partial charge in [-0.25, -0.2) is 4.98 Å². The Bertz CT molecular complexity index is 869. The summed E-state index contributed by atoms with van der Waals surface area (Å²) < 4.78 is 21.6. The molecule has 0 unspecified atom stereocenters. The zero-order chi connectivity index (χ0) is 17.1. The highest BCUT2D eigenvalue weighted by Gasteiger charge is 2.14. The van der Waals surface area contributed by atoms with Gasteiger partial charge >= 0.3 is 0 Å². The van der Waals surface area contributed by atoms with Gasteiger partial charge in [0.2, 0.25) is 11.2 Å². The van der Waals surface area contributed by atoms with Crippen molar-refractivity contribution in [3.63, 3.8) is 0 Å². The maximum atomic E-state index is 6.01. The van der Waals surface area contributed by atoms with Gasteiger partial charge in [-0.2, -0.15) is 4.98 Å². The van der Waals surface area contributed by atoms with Crippen molar-refractivity contribution in [1.82, 2.24) is 9.97 Å². The normalized spacial score (nSPS) is 10.5. The second-order valence-electron chi connectivity index (χ2n) is 4.80. The second-order valence-corrected chi connectivity index (χ2v) is 5.14. The zero-order valence-electron chi connectivity index (χ0n) is 13.4. The molecule has 0 aliphatic carbocycles. The molecule has 0 N–H and O–H groups in total. The quantitative estimate of drug-likeness (QED) is 0.648. The number of methoxy groups -OCH3 is 3. The minimum atomic E-state index is 0.0817. The molecule has 0 amide bonds. The van der Waals surface area contributed by atoms with Gasteiger partial charge in [0, 0.05) is 6.07 Å². The highest BCUT2D eigenvalue weighted by atomic mass is 35.5. The highest BCUT2D eigenvalue weighted by Crippen LogP contribution is 2.36. The van der Waals surface area contributed by atoms with E-state index in [1.807, 2.05) is 0 Å². The first-order valence-corrected chi connectivity index (χ1v) is 7.43. The van der Waals surface area contributed by atoms with Gasteiger partial charge in [0.15, 0.2) is 11.5 Å². The van der Waals surface area contributed by atoms with Crippen LogP contribution in [0, 0.1) is 0 Å². The lowest BCUT2D eigenvalue weighted by Gasteiger charge is -2.12. The third kappa shape index (κ3) is 3.14. The molecule has 1 aromatic heterocycles. The molecule has 3 rings (SSSR count). The molecule has 0 fully saturated rings. The first kappa shape index (κ1) is 16.1. The Kier molecular flexibility index (Phi) is 4.57. The molecular formula is C17H15ClN2O4. The van der Waals surface area contributed by atoms with Crippen LogP contribution in [0.3, 0.4) is 0 Å². The first-order valence-electron chi connectivity index (χ1n) is 7.05. The van der Waals surface area contributed by atoms with Crippen molar-refractivity contribution in [2.45, 2.75) is 0 Å². The highest BCUT2D eigenvalue weighted by molar-refractivity contribution is 6.28. The Hall–Kier alpha value is -2.73. The summed E-state index contributed by atoms with van der Waals surface area (Å²) in [7, 11) is 4.72. The molecule has 2 aromatic carbocycles. The average Bonchev–Trinajstić information content (AvgIpc) is 2.61. The van der Waals surface area contributed by atoms with Gasteiger partial charge in [0.1, 0.15) is 11.5 Å². The van der Waals surface area contributed by atoms with Crippen molar-refractivity contribution >= 4 is 22.5 Å². The third-order valence-corrected chi connectivity index (χ3v) is 3.58. The maximum Gasteiger partial charge on any atom is 0.231 e. The topological polar surface area (TPSA) is 62.7 Å². The predicted molar refractivity (Wildman–Crippen MR) is 90.7 cm³/mol. The summed E-state index contributed by atoms with van der Waals surface area (Å²) >= 11 is 6.01. The van der Waals surface area contributed by atoms with Crippen LogP contribution >= 0.6 is 11.6 Å². The zero-order valence-corrected chi connectivity index (χ0v) is 14.1. The molecule has 0 atom stereocenters. The molecule has 0 bridgehead atoms. The number of nitrogens with zero attached hydrogens (tertiary/aromatic N) is 2. The van der Waals surface area contributed by atoms with Crippen molar-refractivity contribution < 1.29 is 18.9 Å². The van der Waals surface area contributed by atoms with Crippen LogP contribution in [-0.4, -0.2) is 31.3 Å². The maximum absolute atomic E-state index is 6.01. The number of aromatic nitrogens is 2. The fraction of sp³-hybridized carbons (Fsp3) is 0.176. The number of fused-ring (bicyclic) bond motifs is 1. The molecule has 0 saturated carbocycles. The van der Waals surface area contributed by atoms with Crippen LogP contribution in [0.2, 0.25) is 5.28 Å². The van der Waals surface area contributed by atoms with Crippen LogP contribution in [0.15, 0.2) is 36.4 Å². The molecule has 0 aliphatic heterocycles. The monoisotopic (exact) mass is 346 g/mol. The lowest BCUT2D eigenvalue weighted by Crippen LogP contribution is -1.96. The molecule has 1 heterocycles. The van der Waals surface area contributed by atoms with E-state index in [-0.39, 0.29) is 5.28 Å². The summed E-state index contributed by atoms with van der Waals surface area (Å²) in [4.78, 5) is 8.38. The van der Waals surface area contributed by atoms with Crippen LogP contribution in [0.5, 0.6) is 28.9 Å². The summed E-state index contributed by atoms with van der Waals surface area (Å²) in [5.74, 6) is 2.77. The van der Waals surface area contributed by atoms with Gasteiger partial charge in [-0.15, -0.1) is 0 Å². The van der Waals surface area contributed by atoms with Crippen LogP contribution in [-0.2, 0) is 0 Å². The van der Waals surface area contributed by atoms with Gasteiger partial charge in [-0.05, 0) is 41.9 Å². The third-order valence-electron chi connectivity index (χ3n) is 3.41. The summed E-state index contributed by atoms with van der Waals surface area (Å²) in [5.41, 5.74) is 0.594. The Labute approximate surface area is 143 Å². The molecule has 3 aromatic rings. The smallest absolute Gasteiger partial charge is 0.231 e. The minimum Gasteiger partial charge on any atom is -0.497 e. The Morgan fingerprint density at radius 2 is 1.42 bits per heavy atom. The molecule has 0 spiro atoms. The summed E-state index contributed by atoms with van der Waals surface area (Å²) in [6.45, 7) is 0. The van der Waals surface area contributed by atoms with Gasteiger partial charge in [-0.3, -0.25) is 0 Å². The number of hydrogen-bond donors (Lipinski definition) is 0. The lowest BCUT2D eigenvalue weighted by atomic mass is 10.2. The van der Waals surface area contributed by atoms with E-state index in [1.54, 1.807) is 57.7 Å². The number of halogens is 1. The molecule has 0 radical (unpaired) electrons. The van der Waals surface area contributed by atoms with Crippen LogP contribution in [0.25, 0.3) is 10.9 Å². The van der Waals surface area contributed by atoms with Gasteiger partial charge in [0.25, 0.3) is 0 Å². The second kappa shape index (κ2) is 6.80. The van der Waals surface area contributed by atoms with Crippen molar-refractivity contribution in [3.05, 3.63) is 41.7 Å². The van der Waals surface area contributed by atoms with Crippen molar-refractivity contribution in [2.75, 3.05) is 21.3 Å². The van der Waals surface area contributed by atoms with E-state index in [4.69, 9.17) is 30.5 Å². The van der Waals surface area contributed by atoms with Gasteiger partial charge in [0.05, 0.1) is 32.2 Å². The van der Waals surface area contributed by atoms with Gasteiger partial charge in [-0.1, -0.05) is 0 Å². The van der Waals surface area contributed by atoms with E-state index in [0.717, 1.165) is 5.75 Å². The number of benzene rings is 2. The molecule has 24 heavy (non-hydrogen) atoms. The Balaban J connectivity index is 2.08. The van der Waals surface area contributed by atoms with Crippen LogP contribution < -0.4 is 18.9 Å². The van der Waals surface area contributed by atoms with E-state index < -0.39 is 0 Å². The number of ether oxygens (including phenoxy) is 4. The predicted octanol–water partition coefficient (Wildman–Crippen LogP) is 4.10. The molecule has 0 saturated heterocycles. The lowest BCUT2D eigenvalue weighted by molar-refractivity contribution is 0.355. The van der Waals surface area contributed by atoms with E-state index in [1.165, 1.54) is 0 Å². The van der Waals surface area contributed by atoms with E-state index in [0.29, 0.717) is 34.0 Å². The number of rotatable bonds is 5. The van der Waals surface area contributed by atoms with Crippen LogP contribution in [0.1, 0.15) is 0 Å². The van der Waals surface area contributed by atoms with E-state index in [9.17, 15) is 0 Å². The minimum absolute atomic E-state index is 0.0817. The summed E-state index contributed by atoms with van der Waals surface area (Å²) in [6.07, 6.45) is 0. The standard InChI is InChI=1S/C17H15ClN2O4/c1-21-10-4-6-11(7-5-10)24-16-12-8-14(22-2)15(23-3)9-13(12)19-17(18)20-16/h4-9H,1-3H3. The van der Waals surface area contributed by atoms with Gasteiger partial charge < -0.3 is 18.9 Å². The summed E-state index contributed by atoms with van der Waals surface area (Å²) in [6, 6.07) is 10.6. The largest absolute Gasteiger partial charge is 0.497 e. The van der Waals surface area contributed by atoms with Crippen molar-refractivity contribution in [3.8, 4) is 28.9 Å². The van der Waals surface area contributed by atoms with E-state index in [2.05, 4.69) is 9.97 Å². The molecule has 124 valence electrons. The SMILES string of the molecule is COc1ccc(Oc2nc(Cl)nc3cc(OC)c(OC)cc23)cc1. The fourth-order valence-corrected chi connectivity index (χ4v) is 2.40. The first-order chi connectivity index (χ1) is 11.6. The van der Waals surface area contributed by atoms with Crippen molar-refractivity contribution in [1.29, 1.82) is 0 Å². The average molecular weight is 347 g/mol. The molecule has 7 heteroatoms. The molecule has 0 aliphatic rings.